The molecule has 0 aliphatic rings. The number of aryl methyl sites for hydroxylation is 1. The maximum atomic E-state index is 9.90. The molecule has 0 radical (unpaired) electrons. The van der Waals surface area contributed by atoms with Crippen LogP contribution in [0.2, 0.25) is 0 Å². The van der Waals surface area contributed by atoms with Gasteiger partial charge in [0.15, 0.2) is 0 Å². The molecule has 20 heavy (non-hydrogen) atoms. The van der Waals surface area contributed by atoms with Crippen molar-refractivity contribution >= 4 is 0 Å². The number of aliphatic hydroxyl groups is 1. The van der Waals surface area contributed by atoms with Gasteiger partial charge in [-0.15, -0.1) is 0 Å². The Labute approximate surface area is 120 Å². The fourth-order valence-electron chi connectivity index (χ4n) is 2.50. The Bertz CT molecular complexity index is 555. The first-order valence-corrected chi connectivity index (χ1v) is 6.84. The first-order valence-electron chi connectivity index (χ1n) is 6.84. The zero-order valence-corrected chi connectivity index (χ0v) is 12.7. The molecule has 0 saturated carbocycles. The monoisotopic (exact) mass is 273 g/mol. The van der Waals surface area contributed by atoms with Crippen LogP contribution >= 0.6 is 0 Å². The van der Waals surface area contributed by atoms with E-state index >= 15 is 0 Å². The zero-order chi connectivity index (χ0) is 14.8. The van der Waals surface area contributed by atoms with Crippen LogP contribution in [0.1, 0.15) is 19.4 Å². The molecule has 1 aromatic carbocycles. The third-order valence-electron chi connectivity index (χ3n) is 3.05. The van der Waals surface area contributed by atoms with E-state index in [1.807, 2.05) is 57.0 Å². The lowest BCUT2D eigenvalue weighted by Gasteiger charge is -2.25. The Balaban J connectivity index is 2.21. The van der Waals surface area contributed by atoms with Gasteiger partial charge in [-0.2, -0.15) is 5.10 Å². The molecule has 4 heteroatoms. The minimum absolute atomic E-state index is 0.621. The van der Waals surface area contributed by atoms with Gasteiger partial charge in [-0.1, -0.05) is 30.3 Å². The van der Waals surface area contributed by atoms with Gasteiger partial charge in [0.25, 0.3) is 0 Å². The smallest absolute Gasteiger partial charge is 0.0968 e. The van der Waals surface area contributed by atoms with E-state index in [9.17, 15) is 5.11 Å². The van der Waals surface area contributed by atoms with Crippen LogP contribution in [0, 0.1) is 0 Å². The Kier molecular flexibility index (Phi) is 4.26. The van der Waals surface area contributed by atoms with Crippen molar-refractivity contribution in [3.8, 4) is 11.3 Å². The summed E-state index contributed by atoms with van der Waals surface area (Å²) in [6.45, 7) is 5.04. The van der Waals surface area contributed by atoms with E-state index in [0.29, 0.717) is 6.54 Å². The summed E-state index contributed by atoms with van der Waals surface area (Å²) in [6, 6.07) is 10.2. The van der Waals surface area contributed by atoms with Gasteiger partial charge in [-0.05, 0) is 20.9 Å². The molecule has 1 N–H and O–H groups in total. The number of hydrogen-bond donors (Lipinski definition) is 1. The average molecular weight is 273 g/mol. The van der Waals surface area contributed by atoms with Crippen molar-refractivity contribution < 1.29 is 5.11 Å². The van der Waals surface area contributed by atoms with Gasteiger partial charge >= 0.3 is 0 Å². The molecule has 4 nitrogen and oxygen atoms in total. The van der Waals surface area contributed by atoms with Gasteiger partial charge in [-0.25, -0.2) is 0 Å². The van der Waals surface area contributed by atoms with Gasteiger partial charge in [0.1, 0.15) is 0 Å². The molecule has 0 saturated heterocycles. The van der Waals surface area contributed by atoms with Crippen molar-refractivity contribution in [1.82, 2.24) is 14.7 Å². The Morgan fingerprint density at radius 1 is 1.25 bits per heavy atom. The Morgan fingerprint density at radius 3 is 2.50 bits per heavy atom. The van der Waals surface area contributed by atoms with Crippen molar-refractivity contribution in [1.29, 1.82) is 0 Å². The Hall–Kier alpha value is -1.65. The minimum atomic E-state index is -0.691. The molecule has 2 aromatic rings. The summed E-state index contributed by atoms with van der Waals surface area (Å²) < 4.78 is 1.84. The first-order chi connectivity index (χ1) is 9.35. The maximum absolute atomic E-state index is 9.90. The molecule has 108 valence electrons. The summed E-state index contributed by atoms with van der Waals surface area (Å²) in [5, 5.41) is 14.5. The molecule has 1 heterocycles. The maximum Gasteiger partial charge on any atom is 0.0968 e. The summed E-state index contributed by atoms with van der Waals surface area (Å²) in [4.78, 5) is 2.11. The highest BCUT2D eigenvalue weighted by atomic mass is 16.3. The van der Waals surface area contributed by atoms with Crippen LogP contribution in [0.4, 0.5) is 0 Å². The van der Waals surface area contributed by atoms with Gasteiger partial charge in [0, 0.05) is 37.5 Å². The minimum Gasteiger partial charge on any atom is -0.389 e. The number of benzene rings is 1. The average Bonchev–Trinajstić information content (AvgIpc) is 2.68. The van der Waals surface area contributed by atoms with Crippen LogP contribution in [0.25, 0.3) is 11.3 Å². The fraction of sp³-hybridized carbons (Fsp3) is 0.438. The van der Waals surface area contributed by atoms with Crippen LogP contribution in [-0.4, -0.2) is 39.0 Å². The number of rotatable bonds is 5. The third-order valence-corrected chi connectivity index (χ3v) is 3.05. The van der Waals surface area contributed by atoms with Gasteiger partial charge < -0.3 is 5.11 Å². The molecule has 0 unspecified atom stereocenters. The standard InChI is InChI=1S/C16H23N3O/c1-16(2,20)12-18(3)10-14-11-19(4)17-15(14)13-8-6-5-7-9-13/h5-9,11,20H,10,12H2,1-4H3. The van der Waals surface area contributed by atoms with E-state index < -0.39 is 5.60 Å². The molecule has 0 bridgehead atoms. The summed E-state index contributed by atoms with van der Waals surface area (Å²) in [5.41, 5.74) is 2.62. The highest BCUT2D eigenvalue weighted by molar-refractivity contribution is 5.62. The van der Waals surface area contributed by atoms with Crippen molar-refractivity contribution in [2.45, 2.75) is 26.0 Å². The lowest BCUT2D eigenvalue weighted by Crippen LogP contribution is -2.35. The lowest BCUT2D eigenvalue weighted by molar-refractivity contribution is 0.0425. The topological polar surface area (TPSA) is 41.3 Å². The van der Waals surface area contributed by atoms with E-state index in [1.165, 1.54) is 5.56 Å². The van der Waals surface area contributed by atoms with E-state index in [1.54, 1.807) is 0 Å². The number of likely N-dealkylation sites (N-methyl/N-ethyl adjacent to an activating group) is 1. The number of aromatic nitrogens is 2. The second-order valence-corrected chi connectivity index (χ2v) is 6.03. The molecule has 0 atom stereocenters. The zero-order valence-electron chi connectivity index (χ0n) is 12.7. The van der Waals surface area contributed by atoms with Gasteiger partial charge in [0.2, 0.25) is 0 Å². The van der Waals surface area contributed by atoms with E-state index in [0.717, 1.165) is 17.8 Å². The summed E-state index contributed by atoms with van der Waals surface area (Å²) in [6.07, 6.45) is 2.04. The first kappa shape index (κ1) is 14.8. The summed E-state index contributed by atoms with van der Waals surface area (Å²) >= 11 is 0. The molecule has 1 aromatic heterocycles. The lowest BCUT2D eigenvalue weighted by atomic mass is 10.1. The molecule has 0 aliphatic heterocycles. The van der Waals surface area contributed by atoms with Gasteiger partial charge in [0.05, 0.1) is 11.3 Å². The van der Waals surface area contributed by atoms with Crippen molar-refractivity contribution in [3.63, 3.8) is 0 Å². The fourth-order valence-corrected chi connectivity index (χ4v) is 2.50. The molecule has 0 aliphatic carbocycles. The second-order valence-electron chi connectivity index (χ2n) is 6.03. The molecule has 0 amide bonds. The largest absolute Gasteiger partial charge is 0.389 e. The highest BCUT2D eigenvalue weighted by Gasteiger charge is 2.18. The van der Waals surface area contributed by atoms with Crippen molar-refractivity contribution in [2.24, 2.45) is 7.05 Å². The quantitative estimate of drug-likeness (QED) is 0.908. The van der Waals surface area contributed by atoms with E-state index in [-0.39, 0.29) is 0 Å². The van der Waals surface area contributed by atoms with E-state index in [4.69, 9.17) is 0 Å². The second kappa shape index (κ2) is 5.77. The molecular weight excluding hydrogens is 250 g/mol. The van der Waals surface area contributed by atoms with Crippen LogP contribution in [0.5, 0.6) is 0 Å². The third kappa shape index (κ3) is 3.92. The SMILES string of the molecule is CN(Cc1cn(C)nc1-c1ccccc1)CC(C)(C)O. The van der Waals surface area contributed by atoms with Gasteiger partial charge in [-0.3, -0.25) is 9.58 Å². The van der Waals surface area contributed by atoms with Crippen LogP contribution in [0.15, 0.2) is 36.5 Å². The molecule has 2 rings (SSSR count). The van der Waals surface area contributed by atoms with Crippen molar-refractivity contribution in [2.75, 3.05) is 13.6 Å². The summed E-state index contributed by atoms with van der Waals surface area (Å²) in [5.74, 6) is 0. The number of nitrogens with zero attached hydrogens (tertiary/aromatic N) is 3. The molecular formula is C16H23N3O. The predicted octanol–water partition coefficient (Wildman–Crippen LogP) is 2.29. The Morgan fingerprint density at radius 2 is 1.90 bits per heavy atom. The van der Waals surface area contributed by atoms with E-state index in [2.05, 4.69) is 22.1 Å². The normalized spacial score (nSPS) is 12.1. The highest BCUT2D eigenvalue weighted by Crippen LogP contribution is 2.22. The number of hydrogen-bond acceptors (Lipinski definition) is 3. The van der Waals surface area contributed by atoms with Crippen LogP contribution < -0.4 is 0 Å². The molecule has 0 fully saturated rings. The molecule has 0 spiro atoms. The predicted molar refractivity (Wildman–Crippen MR) is 81.3 cm³/mol. The van der Waals surface area contributed by atoms with Crippen LogP contribution in [0.3, 0.4) is 0 Å². The van der Waals surface area contributed by atoms with Crippen molar-refractivity contribution in [3.05, 3.63) is 42.1 Å². The van der Waals surface area contributed by atoms with Crippen LogP contribution in [-0.2, 0) is 13.6 Å². The summed E-state index contributed by atoms with van der Waals surface area (Å²) in [7, 11) is 3.95.